The Morgan fingerprint density at radius 1 is 1.28 bits per heavy atom. The van der Waals surface area contributed by atoms with Crippen LogP contribution in [-0.2, 0) is 4.79 Å². The number of benzene rings is 1. The predicted octanol–water partition coefficient (Wildman–Crippen LogP) is 2.47. The number of carbonyl (C=O) groups is 1. The van der Waals surface area contributed by atoms with Crippen molar-refractivity contribution in [1.29, 1.82) is 0 Å². The molecular formula is C18H21ClN4O2. The molecule has 132 valence electrons. The summed E-state index contributed by atoms with van der Waals surface area (Å²) in [4.78, 5) is 16.2. The molecule has 1 aromatic heterocycles. The fourth-order valence-electron chi connectivity index (χ4n) is 2.61. The van der Waals surface area contributed by atoms with Gasteiger partial charge in [-0.25, -0.2) is 0 Å². The van der Waals surface area contributed by atoms with Crippen molar-refractivity contribution >= 4 is 23.3 Å². The second-order valence-electron chi connectivity index (χ2n) is 6.30. The van der Waals surface area contributed by atoms with E-state index in [4.69, 9.17) is 16.3 Å². The normalized spacial score (nSPS) is 14.2. The molecule has 0 atom stereocenters. The van der Waals surface area contributed by atoms with Crippen molar-refractivity contribution in [1.82, 2.24) is 15.1 Å². The van der Waals surface area contributed by atoms with Gasteiger partial charge in [-0.15, -0.1) is 5.10 Å². The standard InChI is InChI=1S/C18H21ClN4O2/c1-12-8-15(5-6-16(12)19)25-11-18(24)22(3)14-9-23(10-14)17-7-4-13(2)20-21-17/h4-8,14H,9-11H2,1-3H3. The molecule has 1 aliphatic heterocycles. The number of likely N-dealkylation sites (N-methyl/N-ethyl adjacent to an activating group) is 1. The summed E-state index contributed by atoms with van der Waals surface area (Å²) in [6.07, 6.45) is 0. The Labute approximate surface area is 152 Å². The van der Waals surface area contributed by atoms with Crippen LogP contribution in [0.25, 0.3) is 0 Å². The lowest BCUT2D eigenvalue weighted by Gasteiger charge is -2.44. The number of halogens is 1. The quantitative estimate of drug-likeness (QED) is 0.819. The number of aryl methyl sites for hydroxylation is 2. The van der Waals surface area contributed by atoms with Crippen molar-refractivity contribution < 1.29 is 9.53 Å². The van der Waals surface area contributed by atoms with Crippen LogP contribution in [-0.4, -0.2) is 53.8 Å². The zero-order valence-electron chi connectivity index (χ0n) is 14.6. The van der Waals surface area contributed by atoms with E-state index >= 15 is 0 Å². The van der Waals surface area contributed by atoms with Crippen LogP contribution in [0, 0.1) is 13.8 Å². The fraction of sp³-hybridized carbons (Fsp3) is 0.389. The van der Waals surface area contributed by atoms with E-state index in [2.05, 4.69) is 15.1 Å². The summed E-state index contributed by atoms with van der Waals surface area (Å²) >= 11 is 5.99. The van der Waals surface area contributed by atoms with Crippen LogP contribution in [0.3, 0.4) is 0 Å². The van der Waals surface area contributed by atoms with Crippen molar-refractivity contribution in [2.45, 2.75) is 19.9 Å². The van der Waals surface area contributed by atoms with Gasteiger partial charge in [-0.05, 0) is 49.7 Å². The number of hydrogen-bond donors (Lipinski definition) is 0. The Bertz CT molecular complexity index is 760. The molecule has 0 spiro atoms. The molecule has 0 radical (unpaired) electrons. The van der Waals surface area contributed by atoms with E-state index in [1.165, 1.54) is 0 Å². The Kier molecular flexibility index (Phi) is 5.08. The highest BCUT2D eigenvalue weighted by atomic mass is 35.5. The summed E-state index contributed by atoms with van der Waals surface area (Å²) in [5.41, 5.74) is 1.82. The van der Waals surface area contributed by atoms with Gasteiger partial charge in [-0.1, -0.05) is 11.6 Å². The van der Waals surface area contributed by atoms with Gasteiger partial charge in [0.05, 0.1) is 11.7 Å². The van der Waals surface area contributed by atoms with Crippen LogP contribution in [0.5, 0.6) is 5.75 Å². The molecule has 0 unspecified atom stereocenters. The van der Waals surface area contributed by atoms with Crippen LogP contribution in [0.4, 0.5) is 5.82 Å². The maximum atomic E-state index is 12.3. The van der Waals surface area contributed by atoms with E-state index < -0.39 is 0 Å². The highest BCUT2D eigenvalue weighted by Gasteiger charge is 2.33. The van der Waals surface area contributed by atoms with E-state index in [1.807, 2.05) is 39.1 Å². The number of hydrogen-bond acceptors (Lipinski definition) is 5. The maximum Gasteiger partial charge on any atom is 0.260 e. The molecule has 1 saturated heterocycles. The van der Waals surface area contributed by atoms with Crippen LogP contribution < -0.4 is 9.64 Å². The monoisotopic (exact) mass is 360 g/mol. The Hall–Kier alpha value is -2.34. The third kappa shape index (κ3) is 4.02. The molecule has 3 rings (SSSR count). The summed E-state index contributed by atoms with van der Waals surface area (Å²) in [5.74, 6) is 1.44. The Morgan fingerprint density at radius 3 is 2.68 bits per heavy atom. The van der Waals surface area contributed by atoms with Gasteiger partial charge >= 0.3 is 0 Å². The smallest absolute Gasteiger partial charge is 0.260 e. The Morgan fingerprint density at radius 2 is 2.04 bits per heavy atom. The molecule has 6 nitrogen and oxygen atoms in total. The summed E-state index contributed by atoms with van der Waals surface area (Å²) < 4.78 is 5.58. The van der Waals surface area contributed by atoms with Gasteiger partial charge in [0.2, 0.25) is 0 Å². The van der Waals surface area contributed by atoms with Gasteiger partial charge in [0.1, 0.15) is 5.75 Å². The second-order valence-corrected chi connectivity index (χ2v) is 6.70. The van der Waals surface area contributed by atoms with Crippen molar-refractivity contribution in [2.24, 2.45) is 0 Å². The van der Waals surface area contributed by atoms with Gasteiger partial charge in [0, 0.05) is 25.2 Å². The van der Waals surface area contributed by atoms with Crippen LogP contribution in [0.1, 0.15) is 11.3 Å². The first-order chi connectivity index (χ1) is 11.9. The molecule has 2 heterocycles. The largest absolute Gasteiger partial charge is 0.484 e. The molecule has 1 fully saturated rings. The third-order valence-corrected chi connectivity index (χ3v) is 4.83. The van der Waals surface area contributed by atoms with E-state index in [0.717, 1.165) is 30.2 Å². The summed E-state index contributed by atoms with van der Waals surface area (Å²) in [6.45, 7) is 5.32. The lowest BCUT2D eigenvalue weighted by Crippen LogP contribution is -2.60. The Balaban J connectivity index is 1.48. The number of anilines is 1. The first kappa shape index (κ1) is 17.5. The summed E-state index contributed by atoms with van der Waals surface area (Å²) in [7, 11) is 1.81. The van der Waals surface area contributed by atoms with E-state index in [0.29, 0.717) is 10.8 Å². The number of carbonyl (C=O) groups excluding carboxylic acids is 1. The maximum absolute atomic E-state index is 12.3. The van der Waals surface area contributed by atoms with Crippen LogP contribution in [0.2, 0.25) is 5.02 Å². The highest BCUT2D eigenvalue weighted by Crippen LogP contribution is 2.22. The van der Waals surface area contributed by atoms with Crippen molar-refractivity contribution in [3.05, 3.63) is 46.6 Å². The molecule has 1 amide bonds. The van der Waals surface area contributed by atoms with Gasteiger partial charge in [0.25, 0.3) is 5.91 Å². The highest BCUT2D eigenvalue weighted by molar-refractivity contribution is 6.31. The van der Waals surface area contributed by atoms with E-state index in [9.17, 15) is 4.79 Å². The lowest BCUT2D eigenvalue weighted by molar-refractivity contribution is -0.134. The number of ether oxygens (including phenoxy) is 1. The average molecular weight is 361 g/mol. The van der Waals surface area contributed by atoms with Crippen molar-refractivity contribution in [2.75, 3.05) is 31.6 Å². The number of nitrogens with zero attached hydrogens (tertiary/aromatic N) is 4. The van der Waals surface area contributed by atoms with Crippen LogP contribution >= 0.6 is 11.6 Å². The van der Waals surface area contributed by atoms with Crippen molar-refractivity contribution in [3.63, 3.8) is 0 Å². The first-order valence-corrected chi connectivity index (χ1v) is 8.51. The fourth-order valence-corrected chi connectivity index (χ4v) is 2.72. The van der Waals surface area contributed by atoms with Gasteiger partial charge in [0.15, 0.2) is 12.4 Å². The summed E-state index contributed by atoms with van der Waals surface area (Å²) in [6, 6.07) is 9.41. The molecule has 0 saturated carbocycles. The molecular weight excluding hydrogens is 340 g/mol. The average Bonchev–Trinajstić information content (AvgIpc) is 2.56. The zero-order valence-corrected chi connectivity index (χ0v) is 15.3. The van der Waals surface area contributed by atoms with Gasteiger partial charge < -0.3 is 14.5 Å². The van der Waals surface area contributed by atoms with Gasteiger partial charge in [-0.3, -0.25) is 4.79 Å². The third-order valence-electron chi connectivity index (χ3n) is 4.40. The van der Waals surface area contributed by atoms with E-state index in [-0.39, 0.29) is 18.6 Å². The molecule has 0 bridgehead atoms. The minimum Gasteiger partial charge on any atom is -0.484 e. The number of aromatic nitrogens is 2. The summed E-state index contributed by atoms with van der Waals surface area (Å²) in [5, 5.41) is 8.91. The van der Waals surface area contributed by atoms with Gasteiger partial charge in [-0.2, -0.15) is 5.10 Å². The SMILES string of the molecule is Cc1ccc(N2CC(N(C)C(=O)COc3ccc(Cl)c(C)c3)C2)nn1. The molecule has 0 aliphatic carbocycles. The minimum atomic E-state index is -0.0488. The minimum absolute atomic E-state index is 0.0123. The number of rotatable bonds is 5. The van der Waals surface area contributed by atoms with Crippen molar-refractivity contribution in [3.8, 4) is 5.75 Å². The lowest BCUT2D eigenvalue weighted by atomic mass is 10.1. The van der Waals surface area contributed by atoms with Crippen LogP contribution in [0.15, 0.2) is 30.3 Å². The molecule has 1 aromatic carbocycles. The molecule has 7 heteroatoms. The molecule has 25 heavy (non-hydrogen) atoms. The molecule has 1 aliphatic rings. The molecule has 0 N–H and O–H groups in total. The zero-order chi connectivity index (χ0) is 18.0. The number of amides is 1. The molecule has 2 aromatic rings. The second kappa shape index (κ2) is 7.27. The van der Waals surface area contributed by atoms with E-state index in [1.54, 1.807) is 17.0 Å². The predicted molar refractivity (Wildman–Crippen MR) is 97.2 cm³/mol. The first-order valence-electron chi connectivity index (χ1n) is 8.14. The topological polar surface area (TPSA) is 58.6 Å².